The van der Waals surface area contributed by atoms with E-state index in [0.29, 0.717) is 12.4 Å². The van der Waals surface area contributed by atoms with Crippen LogP contribution in [0.5, 0.6) is 0 Å². The van der Waals surface area contributed by atoms with E-state index >= 15 is 0 Å². The molecule has 8 nitrogen and oxygen atoms in total. The van der Waals surface area contributed by atoms with Crippen molar-refractivity contribution in [3.63, 3.8) is 0 Å². The van der Waals surface area contributed by atoms with Gasteiger partial charge < -0.3 is 15.1 Å². The number of anilines is 3. The number of nitrogens with one attached hydrogen (secondary N) is 1. The number of aryl methyl sites for hydroxylation is 1. The maximum atomic E-state index is 12.3. The minimum Gasteiger partial charge on any atom is -0.369 e. The SMILES string of the molecule is Cc1cnc(Nc2ccc(N3CCN(C)CC3)cc2)nc1Cc1cccc(CS(=O)(=O)N(C)C)c1. The Morgan fingerprint density at radius 2 is 1.69 bits per heavy atom. The molecule has 0 atom stereocenters. The minimum absolute atomic E-state index is 0.0203. The monoisotopic (exact) mass is 494 g/mol. The highest BCUT2D eigenvalue weighted by molar-refractivity contribution is 7.88. The molecule has 0 amide bonds. The van der Waals surface area contributed by atoms with Crippen LogP contribution in [-0.2, 0) is 22.2 Å². The van der Waals surface area contributed by atoms with E-state index < -0.39 is 10.0 Å². The van der Waals surface area contributed by atoms with Gasteiger partial charge in [0.25, 0.3) is 0 Å². The van der Waals surface area contributed by atoms with Gasteiger partial charge in [0.05, 0.1) is 11.4 Å². The molecule has 1 fully saturated rings. The summed E-state index contributed by atoms with van der Waals surface area (Å²) in [6, 6.07) is 16.1. The predicted octanol–water partition coefficient (Wildman–Crippen LogP) is 3.26. The number of aromatic nitrogens is 2. The molecule has 1 aromatic heterocycles. The molecule has 0 bridgehead atoms. The standard InChI is InChI=1S/C26H34N6O2S/c1-20-18-27-26(28-23-8-10-24(11-9-23)32-14-12-31(4)13-15-32)29-25(20)17-21-6-5-7-22(16-21)19-35(33,34)30(2)3/h5-11,16,18H,12-15,17,19H2,1-4H3,(H,27,28,29). The molecule has 1 aliphatic heterocycles. The van der Waals surface area contributed by atoms with Gasteiger partial charge in [-0.25, -0.2) is 22.7 Å². The fourth-order valence-corrected chi connectivity index (χ4v) is 4.89. The first kappa shape index (κ1) is 25.1. The molecule has 0 spiro atoms. The van der Waals surface area contributed by atoms with Crippen LogP contribution < -0.4 is 10.2 Å². The van der Waals surface area contributed by atoms with Crippen LogP contribution in [0.3, 0.4) is 0 Å². The zero-order valence-corrected chi connectivity index (χ0v) is 21.7. The van der Waals surface area contributed by atoms with Crippen molar-refractivity contribution in [2.75, 3.05) is 57.5 Å². The molecule has 2 heterocycles. The van der Waals surface area contributed by atoms with Crippen LogP contribution >= 0.6 is 0 Å². The molecular weight excluding hydrogens is 460 g/mol. The van der Waals surface area contributed by atoms with Gasteiger partial charge in [-0.3, -0.25) is 0 Å². The normalized spacial score (nSPS) is 14.9. The van der Waals surface area contributed by atoms with Crippen LogP contribution in [0.1, 0.15) is 22.4 Å². The molecule has 2 aromatic carbocycles. The summed E-state index contributed by atoms with van der Waals surface area (Å²) in [5.41, 5.74) is 5.85. The van der Waals surface area contributed by atoms with Crippen molar-refractivity contribution in [1.82, 2.24) is 19.2 Å². The fourth-order valence-electron chi connectivity index (χ4n) is 4.03. The zero-order chi connectivity index (χ0) is 25.0. The van der Waals surface area contributed by atoms with Gasteiger partial charge in [0, 0.05) is 64.3 Å². The Kier molecular flexibility index (Phi) is 7.69. The molecule has 35 heavy (non-hydrogen) atoms. The quantitative estimate of drug-likeness (QED) is 0.515. The predicted molar refractivity (Wildman–Crippen MR) is 142 cm³/mol. The summed E-state index contributed by atoms with van der Waals surface area (Å²) in [5.74, 6) is 0.525. The molecule has 1 saturated heterocycles. The number of rotatable bonds is 8. The third-order valence-electron chi connectivity index (χ3n) is 6.34. The third kappa shape index (κ3) is 6.56. The molecule has 0 aliphatic carbocycles. The first-order chi connectivity index (χ1) is 16.7. The number of hydrogen-bond donors (Lipinski definition) is 1. The number of benzene rings is 2. The summed E-state index contributed by atoms with van der Waals surface area (Å²) in [7, 11) is 1.96. The number of nitrogens with zero attached hydrogens (tertiary/aromatic N) is 5. The lowest BCUT2D eigenvalue weighted by Crippen LogP contribution is -2.44. The van der Waals surface area contributed by atoms with Crippen LogP contribution in [0.2, 0.25) is 0 Å². The maximum Gasteiger partial charge on any atom is 0.227 e. The molecule has 3 aromatic rings. The fraction of sp³-hybridized carbons (Fsp3) is 0.385. The van der Waals surface area contributed by atoms with E-state index in [1.54, 1.807) is 14.1 Å². The van der Waals surface area contributed by atoms with Crippen molar-refractivity contribution in [2.45, 2.75) is 19.1 Å². The zero-order valence-electron chi connectivity index (χ0n) is 20.9. The van der Waals surface area contributed by atoms with E-state index in [-0.39, 0.29) is 5.75 Å². The van der Waals surface area contributed by atoms with Crippen LogP contribution in [0.4, 0.5) is 17.3 Å². The Balaban J connectivity index is 1.44. The Bertz CT molecular complexity index is 1250. The lowest BCUT2D eigenvalue weighted by Gasteiger charge is -2.34. The topological polar surface area (TPSA) is 81.7 Å². The van der Waals surface area contributed by atoms with Gasteiger partial charge in [-0.1, -0.05) is 24.3 Å². The van der Waals surface area contributed by atoms with Crippen molar-refractivity contribution < 1.29 is 8.42 Å². The largest absolute Gasteiger partial charge is 0.369 e. The second-order valence-electron chi connectivity index (χ2n) is 9.32. The van der Waals surface area contributed by atoms with E-state index in [1.165, 1.54) is 9.99 Å². The van der Waals surface area contributed by atoms with E-state index in [9.17, 15) is 8.42 Å². The molecule has 1 aliphatic rings. The molecule has 0 saturated carbocycles. The highest BCUT2D eigenvalue weighted by atomic mass is 32.2. The number of piperazine rings is 1. The van der Waals surface area contributed by atoms with Crippen molar-refractivity contribution in [1.29, 1.82) is 0 Å². The van der Waals surface area contributed by atoms with Gasteiger partial charge >= 0.3 is 0 Å². The van der Waals surface area contributed by atoms with Crippen LogP contribution in [0, 0.1) is 6.92 Å². The smallest absolute Gasteiger partial charge is 0.227 e. The Hall–Kier alpha value is -3.01. The van der Waals surface area contributed by atoms with E-state index in [2.05, 4.69) is 51.4 Å². The number of likely N-dealkylation sites (N-methyl/N-ethyl adjacent to an activating group) is 1. The summed E-state index contributed by atoms with van der Waals surface area (Å²) in [5, 5.41) is 3.32. The molecule has 0 unspecified atom stereocenters. The van der Waals surface area contributed by atoms with E-state index in [4.69, 9.17) is 4.98 Å². The van der Waals surface area contributed by atoms with Gasteiger partial charge in [0.1, 0.15) is 0 Å². The van der Waals surface area contributed by atoms with Gasteiger partial charge in [0.2, 0.25) is 16.0 Å². The van der Waals surface area contributed by atoms with Crippen LogP contribution in [0.25, 0.3) is 0 Å². The first-order valence-corrected chi connectivity index (χ1v) is 13.4. The highest BCUT2D eigenvalue weighted by Crippen LogP contribution is 2.22. The van der Waals surface area contributed by atoms with Gasteiger partial charge in [-0.05, 0) is 54.9 Å². The first-order valence-electron chi connectivity index (χ1n) is 11.8. The lowest BCUT2D eigenvalue weighted by molar-refractivity contribution is 0.313. The summed E-state index contributed by atoms with van der Waals surface area (Å²) in [6.45, 7) is 6.22. The van der Waals surface area contributed by atoms with Crippen molar-refractivity contribution >= 4 is 27.3 Å². The molecule has 9 heteroatoms. The molecular formula is C26H34N6O2S. The second kappa shape index (κ2) is 10.7. The lowest BCUT2D eigenvalue weighted by atomic mass is 10.0. The van der Waals surface area contributed by atoms with Crippen LogP contribution in [0.15, 0.2) is 54.7 Å². The van der Waals surface area contributed by atoms with Crippen molar-refractivity contribution in [2.24, 2.45) is 0 Å². The highest BCUT2D eigenvalue weighted by Gasteiger charge is 2.16. The average Bonchev–Trinajstić information content (AvgIpc) is 2.82. The van der Waals surface area contributed by atoms with E-state index in [1.807, 2.05) is 37.4 Å². The molecule has 1 N–H and O–H groups in total. The number of sulfonamides is 1. The van der Waals surface area contributed by atoms with E-state index in [0.717, 1.165) is 54.3 Å². The second-order valence-corrected chi connectivity index (χ2v) is 11.5. The Morgan fingerprint density at radius 3 is 2.37 bits per heavy atom. The van der Waals surface area contributed by atoms with Gasteiger partial charge in [-0.15, -0.1) is 0 Å². The average molecular weight is 495 g/mol. The third-order valence-corrected chi connectivity index (χ3v) is 8.15. The summed E-state index contributed by atoms with van der Waals surface area (Å²) in [6.07, 6.45) is 2.42. The van der Waals surface area contributed by atoms with Gasteiger partial charge in [-0.2, -0.15) is 0 Å². The summed E-state index contributed by atoms with van der Waals surface area (Å²) in [4.78, 5) is 14.0. The van der Waals surface area contributed by atoms with Gasteiger partial charge in [0.15, 0.2) is 0 Å². The van der Waals surface area contributed by atoms with Crippen molar-refractivity contribution in [3.05, 3.63) is 77.1 Å². The summed E-state index contributed by atoms with van der Waals surface area (Å²) >= 11 is 0. The summed E-state index contributed by atoms with van der Waals surface area (Å²) < 4.78 is 25.8. The van der Waals surface area contributed by atoms with Crippen LogP contribution in [-0.4, -0.2) is 74.9 Å². The maximum absolute atomic E-state index is 12.3. The Morgan fingerprint density at radius 1 is 1.00 bits per heavy atom. The Labute approximate surface area is 208 Å². The number of hydrogen-bond acceptors (Lipinski definition) is 7. The minimum atomic E-state index is -3.31. The molecule has 186 valence electrons. The van der Waals surface area contributed by atoms with Crippen molar-refractivity contribution in [3.8, 4) is 0 Å². The molecule has 4 rings (SSSR count). The molecule has 0 radical (unpaired) electrons.